The number of nitrogens with one attached hydrogen (secondary N) is 1. The summed E-state index contributed by atoms with van der Waals surface area (Å²) in [6.07, 6.45) is 5.24. The lowest BCUT2D eigenvalue weighted by Gasteiger charge is -2.12. The Labute approximate surface area is 113 Å². The van der Waals surface area contributed by atoms with Crippen molar-refractivity contribution in [1.82, 2.24) is 0 Å². The number of rotatable bonds is 4. The van der Waals surface area contributed by atoms with Crippen LogP contribution in [0.4, 0.5) is 5.69 Å². The molecular formula is C15H19NO3. The Kier molecular flexibility index (Phi) is 4.55. The van der Waals surface area contributed by atoms with Crippen molar-refractivity contribution in [1.29, 1.82) is 0 Å². The largest absolute Gasteiger partial charge is 0.465 e. The molecule has 1 fully saturated rings. The zero-order valence-corrected chi connectivity index (χ0v) is 11.1. The van der Waals surface area contributed by atoms with Gasteiger partial charge in [0.15, 0.2) is 0 Å². The lowest BCUT2D eigenvalue weighted by Crippen LogP contribution is -2.17. The number of carbonyl (C=O) groups is 2. The Morgan fingerprint density at radius 2 is 1.95 bits per heavy atom. The fraction of sp³-hybridized carbons (Fsp3) is 0.467. The highest BCUT2D eigenvalue weighted by atomic mass is 16.5. The van der Waals surface area contributed by atoms with Crippen LogP contribution in [0.5, 0.6) is 0 Å². The third-order valence-electron chi connectivity index (χ3n) is 3.56. The molecule has 2 rings (SSSR count). The minimum absolute atomic E-state index is 0.0248. The second-order valence-corrected chi connectivity index (χ2v) is 4.94. The van der Waals surface area contributed by atoms with Gasteiger partial charge in [-0.3, -0.25) is 4.79 Å². The lowest BCUT2D eigenvalue weighted by molar-refractivity contribution is -0.117. The maximum Gasteiger partial charge on any atom is 0.339 e. The van der Waals surface area contributed by atoms with Gasteiger partial charge in [0.1, 0.15) is 0 Å². The van der Waals surface area contributed by atoms with E-state index in [0.717, 1.165) is 12.8 Å². The summed E-state index contributed by atoms with van der Waals surface area (Å²) in [5.41, 5.74) is 0.919. The van der Waals surface area contributed by atoms with E-state index in [-0.39, 0.29) is 5.91 Å². The Morgan fingerprint density at radius 3 is 2.63 bits per heavy atom. The van der Waals surface area contributed by atoms with Crippen LogP contribution in [0, 0.1) is 5.92 Å². The van der Waals surface area contributed by atoms with Gasteiger partial charge in [-0.2, -0.15) is 0 Å². The summed E-state index contributed by atoms with van der Waals surface area (Å²) in [6, 6.07) is 6.91. The van der Waals surface area contributed by atoms with Crippen molar-refractivity contribution in [3.63, 3.8) is 0 Å². The zero-order valence-electron chi connectivity index (χ0n) is 11.1. The predicted molar refractivity (Wildman–Crippen MR) is 73.0 cm³/mol. The summed E-state index contributed by atoms with van der Waals surface area (Å²) in [5, 5.41) is 2.81. The number of methoxy groups -OCH3 is 1. The SMILES string of the molecule is COC(=O)c1ccccc1NC(=O)CC1CCCC1. The number of anilines is 1. The highest BCUT2D eigenvalue weighted by Crippen LogP contribution is 2.28. The molecule has 102 valence electrons. The third-order valence-corrected chi connectivity index (χ3v) is 3.56. The second kappa shape index (κ2) is 6.36. The van der Waals surface area contributed by atoms with Gasteiger partial charge in [-0.15, -0.1) is 0 Å². The molecule has 1 amide bonds. The van der Waals surface area contributed by atoms with E-state index in [0.29, 0.717) is 23.6 Å². The van der Waals surface area contributed by atoms with Crippen LogP contribution in [0.3, 0.4) is 0 Å². The van der Waals surface area contributed by atoms with Crippen molar-refractivity contribution >= 4 is 17.6 Å². The molecule has 0 radical (unpaired) electrons. The first-order valence-electron chi connectivity index (χ1n) is 6.68. The van der Waals surface area contributed by atoms with E-state index in [1.165, 1.54) is 20.0 Å². The molecule has 0 atom stereocenters. The molecule has 1 aliphatic rings. The minimum atomic E-state index is -0.434. The van der Waals surface area contributed by atoms with Gasteiger partial charge in [0.2, 0.25) is 5.91 Å². The smallest absolute Gasteiger partial charge is 0.339 e. The summed E-state index contributed by atoms with van der Waals surface area (Å²) in [7, 11) is 1.33. The van der Waals surface area contributed by atoms with E-state index in [9.17, 15) is 9.59 Å². The maximum atomic E-state index is 12.0. The van der Waals surface area contributed by atoms with Gasteiger partial charge in [-0.1, -0.05) is 25.0 Å². The number of ether oxygens (including phenoxy) is 1. The first-order valence-corrected chi connectivity index (χ1v) is 6.68. The van der Waals surface area contributed by atoms with Crippen LogP contribution in [0.25, 0.3) is 0 Å². The number of amides is 1. The standard InChI is InChI=1S/C15H19NO3/c1-19-15(18)12-8-4-5-9-13(12)16-14(17)10-11-6-2-3-7-11/h4-5,8-9,11H,2-3,6-7,10H2,1H3,(H,16,17). The number of hydrogen-bond acceptors (Lipinski definition) is 3. The highest BCUT2D eigenvalue weighted by molar-refractivity contribution is 6.01. The fourth-order valence-corrected chi connectivity index (χ4v) is 2.56. The van der Waals surface area contributed by atoms with Crippen LogP contribution in [-0.4, -0.2) is 19.0 Å². The molecule has 0 unspecified atom stereocenters. The number of para-hydroxylation sites is 1. The Bertz CT molecular complexity index is 464. The molecule has 4 heteroatoms. The van der Waals surface area contributed by atoms with Crippen LogP contribution in [0.2, 0.25) is 0 Å². The van der Waals surface area contributed by atoms with Crippen LogP contribution >= 0.6 is 0 Å². The molecule has 1 aromatic carbocycles. The lowest BCUT2D eigenvalue weighted by atomic mass is 10.0. The quantitative estimate of drug-likeness (QED) is 0.848. The van der Waals surface area contributed by atoms with Crippen LogP contribution in [-0.2, 0) is 9.53 Å². The average molecular weight is 261 g/mol. The molecule has 1 aromatic rings. The number of esters is 1. The molecule has 4 nitrogen and oxygen atoms in total. The average Bonchev–Trinajstić information content (AvgIpc) is 2.91. The summed E-state index contributed by atoms with van der Waals surface area (Å²) in [4.78, 5) is 23.6. The van der Waals surface area contributed by atoms with E-state index in [1.807, 2.05) is 0 Å². The summed E-state index contributed by atoms with van der Waals surface area (Å²) in [5.74, 6) is 0.0327. The zero-order chi connectivity index (χ0) is 13.7. The van der Waals surface area contributed by atoms with Gasteiger partial charge in [0.05, 0.1) is 18.4 Å². The van der Waals surface area contributed by atoms with Gasteiger partial charge in [0, 0.05) is 6.42 Å². The van der Waals surface area contributed by atoms with Gasteiger partial charge >= 0.3 is 5.97 Å². The van der Waals surface area contributed by atoms with Crippen LogP contribution in [0.15, 0.2) is 24.3 Å². The Hall–Kier alpha value is -1.84. The molecule has 0 bridgehead atoms. The van der Waals surface area contributed by atoms with Gasteiger partial charge in [0.25, 0.3) is 0 Å². The minimum Gasteiger partial charge on any atom is -0.465 e. The molecular weight excluding hydrogens is 242 g/mol. The fourth-order valence-electron chi connectivity index (χ4n) is 2.56. The first kappa shape index (κ1) is 13.6. The van der Waals surface area contributed by atoms with Crippen molar-refractivity contribution in [3.05, 3.63) is 29.8 Å². The monoisotopic (exact) mass is 261 g/mol. The van der Waals surface area contributed by atoms with Crippen LogP contribution in [0.1, 0.15) is 42.5 Å². The second-order valence-electron chi connectivity index (χ2n) is 4.94. The summed E-state index contributed by atoms with van der Waals surface area (Å²) >= 11 is 0. The van der Waals surface area contributed by atoms with Crippen molar-refractivity contribution < 1.29 is 14.3 Å². The van der Waals surface area contributed by atoms with Gasteiger partial charge in [-0.05, 0) is 30.9 Å². The molecule has 0 heterocycles. The number of benzene rings is 1. The van der Waals surface area contributed by atoms with Crippen molar-refractivity contribution in [2.75, 3.05) is 12.4 Å². The number of carbonyl (C=O) groups excluding carboxylic acids is 2. The number of hydrogen-bond donors (Lipinski definition) is 1. The maximum absolute atomic E-state index is 12.0. The summed E-state index contributed by atoms with van der Waals surface area (Å²) in [6.45, 7) is 0. The molecule has 0 spiro atoms. The van der Waals surface area contributed by atoms with Crippen molar-refractivity contribution in [2.24, 2.45) is 5.92 Å². The Morgan fingerprint density at radius 1 is 1.26 bits per heavy atom. The topological polar surface area (TPSA) is 55.4 Å². The van der Waals surface area contributed by atoms with E-state index >= 15 is 0 Å². The molecule has 0 aliphatic heterocycles. The molecule has 19 heavy (non-hydrogen) atoms. The first-order chi connectivity index (χ1) is 9.20. The van der Waals surface area contributed by atoms with Crippen molar-refractivity contribution in [3.8, 4) is 0 Å². The van der Waals surface area contributed by atoms with E-state index in [2.05, 4.69) is 5.32 Å². The Balaban J connectivity index is 2.01. The van der Waals surface area contributed by atoms with E-state index in [1.54, 1.807) is 24.3 Å². The molecule has 0 saturated heterocycles. The third kappa shape index (κ3) is 3.56. The normalized spacial score (nSPS) is 15.2. The highest BCUT2D eigenvalue weighted by Gasteiger charge is 2.19. The van der Waals surface area contributed by atoms with Gasteiger partial charge in [-0.25, -0.2) is 4.79 Å². The molecule has 0 aromatic heterocycles. The predicted octanol–water partition coefficient (Wildman–Crippen LogP) is 2.99. The molecule has 1 N–H and O–H groups in total. The molecule has 1 saturated carbocycles. The van der Waals surface area contributed by atoms with Crippen LogP contribution < -0.4 is 5.32 Å². The summed E-state index contributed by atoms with van der Waals surface area (Å²) < 4.78 is 4.70. The van der Waals surface area contributed by atoms with E-state index in [4.69, 9.17) is 4.74 Å². The van der Waals surface area contributed by atoms with Crippen molar-refractivity contribution in [2.45, 2.75) is 32.1 Å². The van der Waals surface area contributed by atoms with Gasteiger partial charge < -0.3 is 10.1 Å². The van der Waals surface area contributed by atoms with E-state index < -0.39 is 5.97 Å². The molecule has 1 aliphatic carbocycles.